The van der Waals surface area contributed by atoms with Crippen molar-refractivity contribution in [3.8, 4) is 11.4 Å². The average molecular weight is 580 g/mol. The number of benzene rings is 2. The van der Waals surface area contributed by atoms with Crippen molar-refractivity contribution >= 4 is 29.3 Å². The second kappa shape index (κ2) is 12.0. The summed E-state index contributed by atoms with van der Waals surface area (Å²) in [5.41, 5.74) is 2.86. The number of anilines is 1. The van der Waals surface area contributed by atoms with E-state index in [1.807, 2.05) is 78.9 Å². The van der Waals surface area contributed by atoms with Crippen LogP contribution in [0.4, 0.5) is 10.5 Å². The molecule has 2 aromatic carbocycles. The molecule has 9 nitrogen and oxygen atoms in total. The number of nitrogens with zero attached hydrogens (tertiary/aromatic N) is 5. The number of methoxy groups -OCH3 is 1. The lowest BCUT2D eigenvalue weighted by Gasteiger charge is -2.37. The predicted molar refractivity (Wildman–Crippen MR) is 159 cm³/mol. The second-order valence-electron chi connectivity index (χ2n) is 11.6. The molecule has 2 fully saturated rings. The van der Waals surface area contributed by atoms with Gasteiger partial charge in [0.2, 0.25) is 0 Å². The van der Waals surface area contributed by atoms with Crippen molar-refractivity contribution in [3.05, 3.63) is 71.0 Å². The molecule has 1 aromatic heterocycles. The SMILES string of the molecule is COc1ccc(N2CCN(C(=O)c3cnn(-c4cccc(Cl)c4)c3C3CCN(C(=O)OC(C)(C)C)CC3)CC2)cc1. The van der Waals surface area contributed by atoms with Crippen molar-refractivity contribution in [2.24, 2.45) is 0 Å². The maximum absolute atomic E-state index is 14.0. The van der Waals surface area contributed by atoms with E-state index in [0.29, 0.717) is 49.6 Å². The first-order valence-corrected chi connectivity index (χ1v) is 14.5. The normalized spacial score (nSPS) is 16.6. The molecule has 2 saturated heterocycles. The van der Waals surface area contributed by atoms with Crippen LogP contribution in [-0.4, -0.2) is 83.6 Å². The second-order valence-corrected chi connectivity index (χ2v) is 12.0. The minimum Gasteiger partial charge on any atom is -0.497 e. The van der Waals surface area contributed by atoms with Crippen LogP contribution in [0.25, 0.3) is 5.69 Å². The Morgan fingerprint density at radius 2 is 1.59 bits per heavy atom. The highest BCUT2D eigenvalue weighted by Crippen LogP contribution is 2.34. The summed E-state index contributed by atoms with van der Waals surface area (Å²) in [6, 6.07) is 15.5. The molecular weight excluding hydrogens is 542 g/mol. The molecule has 218 valence electrons. The molecule has 41 heavy (non-hydrogen) atoms. The van der Waals surface area contributed by atoms with Gasteiger partial charge in [-0.25, -0.2) is 9.48 Å². The molecule has 5 rings (SSSR count). The molecule has 0 saturated carbocycles. The van der Waals surface area contributed by atoms with Gasteiger partial charge in [-0.2, -0.15) is 5.10 Å². The lowest BCUT2D eigenvalue weighted by molar-refractivity contribution is 0.0203. The van der Waals surface area contributed by atoms with Crippen molar-refractivity contribution in [1.82, 2.24) is 19.6 Å². The van der Waals surface area contributed by atoms with E-state index in [2.05, 4.69) is 10.00 Å². The van der Waals surface area contributed by atoms with Crippen LogP contribution in [0.15, 0.2) is 54.7 Å². The molecule has 0 radical (unpaired) electrons. The van der Waals surface area contributed by atoms with Gasteiger partial charge in [0, 0.05) is 55.9 Å². The highest BCUT2D eigenvalue weighted by atomic mass is 35.5. The molecule has 0 N–H and O–H groups in total. The molecule has 2 aliphatic heterocycles. The zero-order valence-electron chi connectivity index (χ0n) is 24.2. The maximum Gasteiger partial charge on any atom is 0.410 e. The molecule has 0 unspecified atom stereocenters. The lowest BCUT2D eigenvalue weighted by atomic mass is 9.90. The van der Waals surface area contributed by atoms with Crippen LogP contribution in [0.5, 0.6) is 5.75 Å². The number of likely N-dealkylation sites (tertiary alicyclic amines) is 1. The van der Waals surface area contributed by atoms with E-state index in [1.165, 1.54) is 0 Å². The monoisotopic (exact) mass is 579 g/mol. The van der Waals surface area contributed by atoms with Crippen LogP contribution in [0.3, 0.4) is 0 Å². The van der Waals surface area contributed by atoms with E-state index < -0.39 is 5.60 Å². The zero-order chi connectivity index (χ0) is 29.1. The average Bonchev–Trinajstić information content (AvgIpc) is 3.41. The Hall–Kier alpha value is -3.72. The summed E-state index contributed by atoms with van der Waals surface area (Å²) in [7, 11) is 1.66. The van der Waals surface area contributed by atoms with Gasteiger partial charge < -0.3 is 24.2 Å². The number of amides is 2. The van der Waals surface area contributed by atoms with Gasteiger partial charge in [-0.1, -0.05) is 17.7 Å². The van der Waals surface area contributed by atoms with Gasteiger partial charge in [0.15, 0.2) is 0 Å². The molecule has 3 heterocycles. The molecule has 3 aromatic rings. The van der Waals surface area contributed by atoms with Crippen molar-refractivity contribution in [2.75, 3.05) is 51.3 Å². The van der Waals surface area contributed by atoms with Crippen LogP contribution in [-0.2, 0) is 4.74 Å². The number of hydrogen-bond acceptors (Lipinski definition) is 6. The Labute approximate surface area is 246 Å². The van der Waals surface area contributed by atoms with E-state index in [4.69, 9.17) is 21.1 Å². The third-order valence-corrected chi connectivity index (χ3v) is 7.86. The number of ether oxygens (including phenoxy) is 2. The van der Waals surface area contributed by atoms with Crippen LogP contribution in [0.2, 0.25) is 5.02 Å². The van der Waals surface area contributed by atoms with E-state index in [1.54, 1.807) is 18.2 Å². The van der Waals surface area contributed by atoms with E-state index in [9.17, 15) is 9.59 Å². The van der Waals surface area contributed by atoms with Crippen LogP contribution >= 0.6 is 11.6 Å². The van der Waals surface area contributed by atoms with Crippen molar-refractivity contribution in [3.63, 3.8) is 0 Å². The van der Waals surface area contributed by atoms with Crippen LogP contribution < -0.4 is 9.64 Å². The summed E-state index contributed by atoms with van der Waals surface area (Å²) in [5, 5.41) is 5.29. The summed E-state index contributed by atoms with van der Waals surface area (Å²) < 4.78 is 12.7. The minimum atomic E-state index is -0.546. The first kappa shape index (κ1) is 28.8. The van der Waals surface area contributed by atoms with Gasteiger partial charge in [-0.3, -0.25) is 4.79 Å². The maximum atomic E-state index is 14.0. The Morgan fingerprint density at radius 1 is 0.902 bits per heavy atom. The quantitative estimate of drug-likeness (QED) is 0.391. The topological polar surface area (TPSA) is 80.1 Å². The van der Waals surface area contributed by atoms with Gasteiger partial charge in [0.25, 0.3) is 5.91 Å². The fourth-order valence-corrected chi connectivity index (χ4v) is 5.71. The third kappa shape index (κ3) is 6.62. The smallest absolute Gasteiger partial charge is 0.410 e. The number of carbonyl (C=O) groups excluding carboxylic acids is 2. The number of aromatic nitrogens is 2. The molecular formula is C31H38ClN5O4. The Balaban J connectivity index is 1.34. The summed E-state index contributed by atoms with van der Waals surface area (Å²) in [4.78, 5) is 32.6. The number of carbonyl (C=O) groups is 2. The number of hydrogen-bond donors (Lipinski definition) is 0. The molecule has 0 bridgehead atoms. The minimum absolute atomic E-state index is 0.0165. The molecule has 0 spiro atoms. The molecule has 2 amide bonds. The Morgan fingerprint density at radius 3 is 2.20 bits per heavy atom. The highest BCUT2D eigenvalue weighted by Gasteiger charge is 2.34. The van der Waals surface area contributed by atoms with Gasteiger partial charge in [-0.15, -0.1) is 0 Å². The number of halogens is 1. The standard InChI is InChI=1S/C31H38ClN5O4/c1-31(2,3)41-30(39)36-14-12-22(13-15-36)28-27(21-33-37(28)25-7-5-6-23(32)20-25)29(38)35-18-16-34(17-19-35)24-8-10-26(40-4)11-9-24/h5-11,20-22H,12-19H2,1-4H3. The zero-order valence-corrected chi connectivity index (χ0v) is 24.9. The molecule has 0 aliphatic carbocycles. The van der Waals surface area contributed by atoms with Gasteiger partial charge in [0.1, 0.15) is 11.4 Å². The van der Waals surface area contributed by atoms with E-state index >= 15 is 0 Å². The molecule has 0 atom stereocenters. The lowest BCUT2D eigenvalue weighted by Crippen LogP contribution is -2.49. The summed E-state index contributed by atoms with van der Waals surface area (Å²) in [5.74, 6) is 0.857. The largest absolute Gasteiger partial charge is 0.497 e. The fourth-order valence-electron chi connectivity index (χ4n) is 5.52. The van der Waals surface area contributed by atoms with Crippen molar-refractivity contribution < 1.29 is 19.1 Å². The van der Waals surface area contributed by atoms with Gasteiger partial charge in [0.05, 0.1) is 30.3 Å². The summed E-state index contributed by atoms with van der Waals surface area (Å²) in [6.45, 7) is 9.42. The first-order valence-electron chi connectivity index (χ1n) is 14.1. The van der Waals surface area contributed by atoms with Gasteiger partial charge >= 0.3 is 6.09 Å². The van der Waals surface area contributed by atoms with Gasteiger partial charge in [-0.05, 0) is 76.1 Å². The Bertz CT molecular complexity index is 1370. The molecule has 10 heteroatoms. The summed E-state index contributed by atoms with van der Waals surface area (Å²) >= 11 is 6.33. The number of piperazine rings is 1. The first-order chi connectivity index (χ1) is 19.6. The van der Waals surface area contributed by atoms with Crippen LogP contribution in [0.1, 0.15) is 55.6 Å². The highest BCUT2D eigenvalue weighted by molar-refractivity contribution is 6.30. The number of piperidine rings is 1. The third-order valence-electron chi connectivity index (χ3n) is 7.63. The van der Waals surface area contributed by atoms with E-state index in [-0.39, 0.29) is 17.9 Å². The Kier molecular flexibility index (Phi) is 8.45. The molecule has 2 aliphatic rings. The summed E-state index contributed by atoms with van der Waals surface area (Å²) in [6.07, 6.45) is 2.80. The van der Waals surface area contributed by atoms with E-state index in [0.717, 1.165) is 35.9 Å². The predicted octanol–water partition coefficient (Wildman–Crippen LogP) is 5.61. The number of rotatable bonds is 5. The van der Waals surface area contributed by atoms with Crippen molar-refractivity contribution in [1.29, 1.82) is 0 Å². The fraction of sp³-hybridized carbons (Fsp3) is 0.452. The van der Waals surface area contributed by atoms with Crippen LogP contribution in [0, 0.1) is 0 Å². The van der Waals surface area contributed by atoms with Crippen molar-refractivity contribution in [2.45, 2.75) is 45.1 Å².